The lowest BCUT2D eigenvalue weighted by Crippen LogP contribution is -2.41. The Balaban J connectivity index is 2.09. The highest BCUT2D eigenvalue weighted by atomic mass is 32.1. The molecule has 1 aromatic heterocycles. The van der Waals surface area contributed by atoms with Gasteiger partial charge >= 0.3 is 5.97 Å². The number of thiophene rings is 1. The Morgan fingerprint density at radius 3 is 2.73 bits per heavy atom. The Morgan fingerprint density at radius 2 is 2.08 bits per heavy atom. The van der Waals surface area contributed by atoms with E-state index in [0.29, 0.717) is 13.0 Å². The minimum absolute atomic E-state index is 0.163. The third-order valence-electron chi connectivity index (χ3n) is 4.86. The number of nitrogens with zero attached hydrogens (tertiary/aromatic N) is 1. The molecule has 0 saturated heterocycles. The zero-order valence-corrected chi connectivity index (χ0v) is 16.3. The average molecular weight is 369 g/mol. The number of anilines is 1. The van der Waals surface area contributed by atoms with E-state index in [1.807, 2.05) is 24.0 Å². The number of aryl methyl sites for hydroxylation is 1. The molecule has 2 aromatic rings. The predicted molar refractivity (Wildman–Crippen MR) is 107 cm³/mol. The Labute approximate surface area is 157 Å². The van der Waals surface area contributed by atoms with Gasteiger partial charge in [0.15, 0.2) is 0 Å². The summed E-state index contributed by atoms with van der Waals surface area (Å²) >= 11 is 1.55. The Morgan fingerprint density at radius 1 is 1.35 bits per heavy atom. The third kappa shape index (κ3) is 3.31. The minimum Gasteiger partial charge on any atom is -0.478 e. The number of aliphatic carboxylic acids is 1. The van der Waals surface area contributed by atoms with E-state index in [-0.39, 0.29) is 11.3 Å². The van der Waals surface area contributed by atoms with Crippen LogP contribution in [0.25, 0.3) is 16.5 Å². The van der Waals surface area contributed by atoms with Gasteiger partial charge in [0.2, 0.25) is 5.91 Å². The first-order valence-corrected chi connectivity index (χ1v) is 9.51. The van der Waals surface area contributed by atoms with Crippen molar-refractivity contribution in [2.24, 2.45) is 0 Å². The van der Waals surface area contributed by atoms with E-state index < -0.39 is 5.97 Å². The molecule has 0 bridgehead atoms. The molecule has 1 N–H and O–H groups in total. The molecule has 0 fully saturated rings. The number of hydrogen-bond donors (Lipinski definition) is 1. The number of amides is 1. The normalized spacial score (nSPS) is 16.2. The molecule has 0 atom stereocenters. The van der Waals surface area contributed by atoms with Gasteiger partial charge in [0.25, 0.3) is 0 Å². The minimum atomic E-state index is -0.954. The van der Waals surface area contributed by atoms with Crippen LogP contribution in [-0.2, 0) is 15.0 Å². The first-order chi connectivity index (χ1) is 12.2. The average Bonchev–Trinajstić information content (AvgIpc) is 3.01. The Bertz CT molecular complexity index is 908. The van der Waals surface area contributed by atoms with Crippen molar-refractivity contribution in [3.05, 3.63) is 46.3 Å². The van der Waals surface area contributed by atoms with Crippen LogP contribution in [-0.4, -0.2) is 23.5 Å². The molecule has 26 heavy (non-hydrogen) atoms. The highest BCUT2D eigenvalue weighted by molar-refractivity contribution is 7.16. The van der Waals surface area contributed by atoms with E-state index in [1.165, 1.54) is 5.56 Å². The Kier molecular flexibility index (Phi) is 4.76. The van der Waals surface area contributed by atoms with Crippen LogP contribution in [0.2, 0.25) is 0 Å². The zero-order valence-electron chi connectivity index (χ0n) is 15.5. The van der Waals surface area contributed by atoms with Crippen LogP contribution in [0.1, 0.15) is 43.2 Å². The van der Waals surface area contributed by atoms with Crippen molar-refractivity contribution in [2.75, 3.05) is 11.4 Å². The first-order valence-electron chi connectivity index (χ1n) is 8.69. The van der Waals surface area contributed by atoms with Gasteiger partial charge in [-0.15, -0.1) is 11.3 Å². The SMILES string of the molecule is CCN1C(=O)CC(C)(C)c2cc(C)c(-c3ccc(/C=C/C(=O)O)s3)cc21. The van der Waals surface area contributed by atoms with Crippen molar-refractivity contribution in [1.29, 1.82) is 0 Å². The standard InChI is InChI=1S/C21H23NO3S/c1-5-22-17-11-15(18-8-6-14(26-18)7-9-20(24)25)13(2)10-16(17)21(3,4)12-19(22)23/h6-11H,5,12H2,1-4H3,(H,24,25)/b9-7+. The van der Waals surface area contributed by atoms with Gasteiger partial charge < -0.3 is 10.0 Å². The van der Waals surface area contributed by atoms with E-state index >= 15 is 0 Å². The van der Waals surface area contributed by atoms with Crippen LogP contribution < -0.4 is 4.90 Å². The van der Waals surface area contributed by atoms with Gasteiger partial charge in [-0.25, -0.2) is 4.79 Å². The molecule has 136 valence electrons. The highest BCUT2D eigenvalue weighted by Gasteiger charge is 2.36. The molecule has 1 aliphatic rings. The maximum atomic E-state index is 12.6. The summed E-state index contributed by atoms with van der Waals surface area (Å²) in [7, 11) is 0. The fraction of sp³-hybridized carbons (Fsp3) is 0.333. The molecule has 0 saturated carbocycles. The molecular formula is C21H23NO3S. The maximum Gasteiger partial charge on any atom is 0.328 e. The number of carboxylic acid groups (broad SMARTS) is 1. The van der Waals surface area contributed by atoms with Gasteiger partial charge in [0.1, 0.15) is 0 Å². The van der Waals surface area contributed by atoms with E-state index in [1.54, 1.807) is 17.4 Å². The number of carbonyl (C=O) groups is 2. The second-order valence-electron chi connectivity index (χ2n) is 7.26. The van der Waals surface area contributed by atoms with E-state index in [0.717, 1.165) is 32.6 Å². The van der Waals surface area contributed by atoms with Gasteiger partial charge in [0.05, 0.1) is 0 Å². The topological polar surface area (TPSA) is 57.6 Å². The summed E-state index contributed by atoms with van der Waals surface area (Å²) in [4.78, 5) is 27.1. The Hall–Kier alpha value is -2.40. The van der Waals surface area contributed by atoms with Crippen LogP contribution in [0.3, 0.4) is 0 Å². The summed E-state index contributed by atoms with van der Waals surface area (Å²) in [5.74, 6) is -0.791. The second kappa shape index (κ2) is 6.72. The zero-order chi connectivity index (χ0) is 19.1. The lowest BCUT2D eigenvalue weighted by molar-refractivity contribution is -0.131. The lowest BCUT2D eigenvalue weighted by atomic mass is 9.76. The molecule has 0 aliphatic carbocycles. The molecule has 1 aliphatic heterocycles. The van der Waals surface area contributed by atoms with E-state index in [2.05, 4.69) is 32.9 Å². The smallest absolute Gasteiger partial charge is 0.328 e. The van der Waals surface area contributed by atoms with Crippen molar-refractivity contribution in [3.8, 4) is 10.4 Å². The van der Waals surface area contributed by atoms with Crippen molar-refractivity contribution >= 4 is 35.0 Å². The monoisotopic (exact) mass is 369 g/mol. The quantitative estimate of drug-likeness (QED) is 0.783. The summed E-state index contributed by atoms with van der Waals surface area (Å²) in [6.45, 7) is 8.98. The van der Waals surface area contributed by atoms with Crippen molar-refractivity contribution in [3.63, 3.8) is 0 Å². The van der Waals surface area contributed by atoms with Crippen LogP contribution in [0, 0.1) is 6.92 Å². The van der Waals surface area contributed by atoms with Crippen LogP contribution in [0.15, 0.2) is 30.3 Å². The molecule has 0 unspecified atom stereocenters. The molecule has 4 nitrogen and oxygen atoms in total. The molecule has 5 heteroatoms. The number of carbonyl (C=O) groups excluding carboxylic acids is 1. The molecule has 2 heterocycles. The number of benzene rings is 1. The van der Waals surface area contributed by atoms with Crippen molar-refractivity contribution in [1.82, 2.24) is 0 Å². The largest absolute Gasteiger partial charge is 0.478 e. The molecule has 1 aromatic carbocycles. The fourth-order valence-corrected chi connectivity index (χ4v) is 4.51. The summed E-state index contributed by atoms with van der Waals surface area (Å²) in [5, 5.41) is 8.79. The summed E-state index contributed by atoms with van der Waals surface area (Å²) in [5.41, 5.74) is 4.28. The third-order valence-corrected chi connectivity index (χ3v) is 5.94. The fourth-order valence-electron chi connectivity index (χ4n) is 3.52. The summed E-state index contributed by atoms with van der Waals surface area (Å²) < 4.78 is 0. The number of rotatable bonds is 4. The summed E-state index contributed by atoms with van der Waals surface area (Å²) in [6, 6.07) is 8.24. The molecular weight excluding hydrogens is 346 g/mol. The number of carboxylic acids is 1. The number of hydrogen-bond acceptors (Lipinski definition) is 3. The molecule has 3 rings (SSSR count). The lowest BCUT2D eigenvalue weighted by Gasteiger charge is -2.39. The van der Waals surface area contributed by atoms with Crippen LogP contribution >= 0.6 is 11.3 Å². The molecule has 0 spiro atoms. The predicted octanol–water partition coefficient (Wildman–Crippen LogP) is 4.86. The molecule has 1 amide bonds. The first kappa shape index (κ1) is 18.4. The van der Waals surface area contributed by atoms with Gasteiger partial charge in [-0.2, -0.15) is 0 Å². The van der Waals surface area contributed by atoms with Crippen LogP contribution in [0.5, 0.6) is 0 Å². The van der Waals surface area contributed by atoms with Crippen LogP contribution in [0.4, 0.5) is 5.69 Å². The van der Waals surface area contributed by atoms with Crippen molar-refractivity contribution in [2.45, 2.75) is 39.5 Å². The summed E-state index contributed by atoms with van der Waals surface area (Å²) in [6.07, 6.45) is 3.28. The maximum absolute atomic E-state index is 12.6. The van der Waals surface area contributed by atoms with E-state index in [9.17, 15) is 9.59 Å². The van der Waals surface area contributed by atoms with Gasteiger partial charge in [0, 0.05) is 39.9 Å². The number of fused-ring (bicyclic) bond motifs is 1. The van der Waals surface area contributed by atoms with Gasteiger partial charge in [-0.05, 0) is 54.8 Å². The van der Waals surface area contributed by atoms with Crippen molar-refractivity contribution < 1.29 is 14.7 Å². The molecule has 0 radical (unpaired) electrons. The van der Waals surface area contributed by atoms with Gasteiger partial charge in [-0.1, -0.05) is 19.9 Å². The van der Waals surface area contributed by atoms with E-state index in [4.69, 9.17) is 5.11 Å². The second-order valence-corrected chi connectivity index (χ2v) is 8.37. The highest BCUT2D eigenvalue weighted by Crippen LogP contribution is 2.44. The van der Waals surface area contributed by atoms with Gasteiger partial charge in [-0.3, -0.25) is 4.79 Å².